The Balaban J connectivity index is 1.44. The Morgan fingerprint density at radius 2 is 1.65 bits per heavy atom. The standard InChI is InChI=1S/C19H28N4O3/c1-2-16-5-3-4-6-17(16)20-18(24)15-21-7-9-22(10-8-21)19(25)23-11-13-26-14-12-23/h3-6H,2,7-15H2,1H3,(H,20,24). The summed E-state index contributed by atoms with van der Waals surface area (Å²) in [6.07, 6.45) is 0.888. The number of amides is 3. The minimum absolute atomic E-state index is 0.00106. The number of benzene rings is 1. The molecule has 0 spiro atoms. The molecule has 2 aliphatic rings. The minimum Gasteiger partial charge on any atom is -0.378 e. The van der Waals surface area contributed by atoms with Gasteiger partial charge in [-0.3, -0.25) is 9.69 Å². The number of rotatable bonds is 4. The van der Waals surface area contributed by atoms with Gasteiger partial charge in [-0.1, -0.05) is 25.1 Å². The number of piperazine rings is 1. The van der Waals surface area contributed by atoms with E-state index in [1.807, 2.05) is 34.1 Å². The zero-order valence-electron chi connectivity index (χ0n) is 15.4. The van der Waals surface area contributed by atoms with E-state index in [0.717, 1.165) is 30.8 Å². The quantitative estimate of drug-likeness (QED) is 0.878. The molecule has 2 heterocycles. The second-order valence-corrected chi connectivity index (χ2v) is 6.70. The van der Waals surface area contributed by atoms with E-state index in [-0.39, 0.29) is 11.9 Å². The Labute approximate surface area is 154 Å². The fraction of sp³-hybridized carbons (Fsp3) is 0.579. The van der Waals surface area contributed by atoms with Crippen molar-refractivity contribution in [2.24, 2.45) is 0 Å². The topological polar surface area (TPSA) is 65.1 Å². The van der Waals surface area contributed by atoms with Crippen molar-refractivity contribution in [3.8, 4) is 0 Å². The Hall–Kier alpha value is -2.12. The molecule has 0 unspecified atom stereocenters. The summed E-state index contributed by atoms with van der Waals surface area (Å²) < 4.78 is 5.30. The Bertz CT molecular complexity index is 623. The van der Waals surface area contributed by atoms with Crippen LogP contribution in [-0.4, -0.2) is 85.7 Å². The zero-order valence-corrected chi connectivity index (χ0v) is 15.4. The highest BCUT2D eigenvalue weighted by atomic mass is 16.5. The highest BCUT2D eigenvalue weighted by Crippen LogP contribution is 2.15. The van der Waals surface area contributed by atoms with Crippen LogP contribution in [-0.2, 0) is 16.0 Å². The van der Waals surface area contributed by atoms with Crippen molar-refractivity contribution < 1.29 is 14.3 Å². The van der Waals surface area contributed by atoms with Crippen LogP contribution >= 0.6 is 0 Å². The molecule has 0 aliphatic carbocycles. The lowest BCUT2D eigenvalue weighted by Crippen LogP contribution is -2.55. The highest BCUT2D eigenvalue weighted by Gasteiger charge is 2.27. The molecule has 7 heteroatoms. The molecule has 1 aromatic rings. The number of ether oxygens (including phenoxy) is 1. The van der Waals surface area contributed by atoms with Crippen molar-refractivity contribution in [2.75, 3.05) is 64.3 Å². The molecule has 0 radical (unpaired) electrons. The number of para-hydroxylation sites is 1. The van der Waals surface area contributed by atoms with Crippen molar-refractivity contribution >= 4 is 17.6 Å². The van der Waals surface area contributed by atoms with Crippen LogP contribution < -0.4 is 5.32 Å². The van der Waals surface area contributed by atoms with Crippen LogP contribution in [0.25, 0.3) is 0 Å². The molecule has 0 atom stereocenters. The van der Waals surface area contributed by atoms with Crippen LogP contribution in [0.5, 0.6) is 0 Å². The van der Waals surface area contributed by atoms with Crippen LogP contribution in [0.1, 0.15) is 12.5 Å². The highest BCUT2D eigenvalue weighted by molar-refractivity contribution is 5.93. The summed E-state index contributed by atoms with van der Waals surface area (Å²) >= 11 is 0. The Kier molecular flexibility index (Phi) is 6.46. The summed E-state index contributed by atoms with van der Waals surface area (Å²) in [4.78, 5) is 30.7. The summed E-state index contributed by atoms with van der Waals surface area (Å²) in [7, 11) is 0. The van der Waals surface area contributed by atoms with Crippen molar-refractivity contribution in [3.05, 3.63) is 29.8 Å². The molecule has 0 aromatic heterocycles. The van der Waals surface area contributed by atoms with E-state index < -0.39 is 0 Å². The van der Waals surface area contributed by atoms with E-state index in [0.29, 0.717) is 45.9 Å². The van der Waals surface area contributed by atoms with Crippen molar-refractivity contribution in [1.29, 1.82) is 0 Å². The monoisotopic (exact) mass is 360 g/mol. The van der Waals surface area contributed by atoms with Gasteiger partial charge < -0.3 is 19.9 Å². The first-order chi connectivity index (χ1) is 12.7. The van der Waals surface area contributed by atoms with Crippen LogP contribution in [0.2, 0.25) is 0 Å². The van der Waals surface area contributed by atoms with Crippen molar-refractivity contribution in [2.45, 2.75) is 13.3 Å². The van der Waals surface area contributed by atoms with Gasteiger partial charge in [0.2, 0.25) is 5.91 Å². The second kappa shape index (κ2) is 9.00. The number of morpholine rings is 1. The van der Waals surface area contributed by atoms with E-state index in [1.165, 1.54) is 0 Å². The lowest BCUT2D eigenvalue weighted by molar-refractivity contribution is -0.117. The average Bonchev–Trinajstić information content (AvgIpc) is 2.69. The normalized spacial score (nSPS) is 18.7. The molecule has 1 N–H and O–H groups in total. The van der Waals surface area contributed by atoms with Crippen LogP contribution in [0, 0.1) is 0 Å². The molecular formula is C19H28N4O3. The van der Waals surface area contributed by atoms with Crippen LogP contribution in [0.4, 0.5) is 10.5 Å². The minimum atomic E-state index is -0.00106. The van der Waals surface area contributed by atoms with Gasteiger partial charge in [-0.25, -0.2) is 4.79 Å². The average molecular weight is 360 g/mol. The maximum Gasteiger partial charge on any atom is 0.320 e. The molecule has 2 fully saturated rings. The summed E-state index contributed by atoms with van der Waals surface area (Å²) in [6.45, 7) is 7.77. The lowest BCUT2D eigenvalue weighted by Gasteiger charge is -2.38. The first kappa shape index (κ1) is 18.7. The zero-order chi connectivity index (χ0) is 18.4. The number of urea groups is 1. The first-order valence-corrected chi connectivity index (χ1v) is 9.39. The number of nitrogens with zero attached hydrogens (tertiary/aromatic N) is 3. The third kappa shape index (κ3) is 4.74. The fourth-order valence-electron chi connectivity index (χ4n) is 3.40. The van der Waals surface area contributed by atoms with Crippen LogP contribution in [0.15, 0.2) is 24.3 Å². The van der Waals surface area contributed by atoms with Gasteiger partial charge in [0.25, 0.3) is 0 Å². The molecule has 142 valence electrons. The fourth-order valence-corrected chi connectivity index (χ4v) is 3.40. The predicted molar refractivity (Wildman–Crippen MR) is 100 cm³/mol. The van der Waals surface area contributed by atoms with Gasteiger partial charge in [0.05, 0.1) is 19.8 Å². The SMILES string of the molecule is CCc1ccccc1NC(=O)CN1CCN(C(=O)N2CCOCC2)CC1. The van der Waals surface area contributed by atoms with Gasteiger partial charge >= 0.3 is 6.03 Å². The molecule has 3 amide bonds. The van der Waals surface area contributed by atoms with E-state index in [9.17, 15) is 9.59 Å². The Morgan fingerprint density at radius 3 is 2.35 bits per heavy atom. The predicted octanol–water partition coefficient (Wildman–Crippen LogP) is 1.26. The van der Waals surface area contributed by atoms with E-state index >= 15 is 0 Å². The smallest absolute Gasteiger partial charge is 0.320 e. The molecule has 7 nitrogen and oxygen atoms in total. The van der Waals surface area contributed by atoms with Gasteiger partial charge in [-0.2, -0.15) is 0 Å². The van der Waals surface area contributed by atoms with E-state index in [4.69, 9.17) is 4.74 Å². The summed E-state index contributed by atoms with van der Waals surface area (Å²) in [5.74, 6) is -0.00106. The summed E-state index contributed by atoms with van der Waals surface area (Å²) in [6, 6.07) is 7.99. The molecule has 1 aromatic carbocycles. The largest absolute Gasteiger partial charge is 0.378 e. The third-order valence-corrected chi connectivity index (χ3v) is 4.96. The molecule has 2 aliphatic heterocycles. The van der Waals surface area contributed by atoms with Crippen molar-refractivity contribution in [3.63, 3.8) is 0 Å². The van der Waals surface area contributed by atoms with Gasteiger partial charge in [-0.15, -0.1) is 0 Å². The number of nitrogens with one attached hydrogen (secondary N) is 1. The van der Waals surface area contributed by atoms with E-state index in [2.05, 4.69) is 17.1 Å². The number of carbonyl (C=O) groups excluding carboxylic acids is 2. The lowest BCUT2D eigenvalue weighted by atomic mass is 10.1. The second-order valence-electron chi connectivity index (χ2n) is 6.70. The molecule has 0 saturated carbocycles. The maximum absolute atomic E-state index is 12.5. The van der Waals surface area contributed by atoms with E-state index in [1.54, 1.807) is 0 Å². The maximum atomic E-state index is 12.5. The number of carbonyl (C=O) groups is 2. The number of hydrogen-bond donors (Lipinski definition) is 1. The van der Waals surface area contributed by atoms with Gasteiger partial charge in [-0.05, 0) is 18.1 Å². The summed E-state index contributed by atoms with van der Waals surface area (Å²) in [5, 5.41) is 3.01. The van der Waals surface area contributed by atoms with Gasteiger partial charge in [0.15, 0.2) is 0 Å². The molecule has 3 rings (SSSR count). The molecule has 0 bridgehead atoms. The van der Waals surface area contributed by atoms with Gasteiger partial charge in [0.1, 0.15) is 0 Å². The van der Waals surface area contributed by atoms with Gasteiger partial charge in [0, 0.05) is 45.0 Å². The van der Waals surface area contributed by atoms with Crippen LogP contribution in [0.3, 0.4) is 0 Å². The molecule has 26 heavy (non-hydrogen) atoms. The molecule has 2 saturated heterocycles. The first-order valence-electron chi connectivity index (χ1n) is 9.39. The number of hydrogen-bond acceptors (Lipinski definition) is 4. The summed E-state index contributed by atoms with van der Waals surface area (Å²) in [5.41, 5.74) is 2.03. The number of aryl methyl sites for hydroxylation is 1. The van der Waals surface area contributed by atoms with Crippen molar-refractivity contribution in [1.82, 2.24) is 14.7 Å². The third-order valence-electron chi connectivity index (χ3n) is 4.96. The number of anilines is 1. The Morgan fingerprint density at radius 1 is 1.00 bits per heavy atom. The molecular weight excluding hydrogens is 332 g/mol.